The standard InChI is InChI=1S/C20H35N5O.HI/c1-5-12-26-19-9-8-17(13-22-19)14-23-20(21-4)25-11-10-18(16-25)15-24(6-2)7-3;/h8-9,13,18H,5-7,10-12,14-16H2,1-4H3,(H,21,23);1H. The number of likely N-dealkylation sites (tertiary alicyclic amines) is 1. The number of aliphatic imine (C=N–C) groups is 1. The van der Waals surface area contributed by atoms with Gasteiger partial charge in [-0.3, -0.25) is 4.99 Å². The Morgan fingerprint density at radius 3 is 2.70 bits per heavy atom. The van der Waals surface area contributed by atoms with Crippen molar-refractivity contribution in [3.63, 3.8) is 0 Å². The summed E-state index contributed by atoms with van der Waals surface area (Å²) in [6, 6.07) is 4.00. The largest absolute Gasteiger partial charge is 0.478 e. The van der Waals surface area contributed by atoms with Gasteiger partial charge in [0.05, 0.1) is 6.61 Å². The molecular formula is C20H36IN5O. The predicted octanol–water partition coefficient (Wildman–Crippen LogP) is 3.23. The summed E-state index contributed by atoms with van der Waals surface area (Å²) in [6.07, 6.45) is 4.10. The highest BCUT2D eigenvalue weighted by molar-refractivity contribution is 14.0. The lowest BCUT2D eigenvalue weighted by atomic mass is 10.1. The normalized spacial score (nSPS) is 17.1. The molecule has 0 aromatic carbocycles. The van der Waals surface area contributed by atoms with E-state index in [1.807, 2.05) is 19.3 Å². The number of nitrogens with zero attached hydrogens (tertiary/aromatic N) is 4. The predicted molar refractivity (Wildman–Crippen MR) is 123 cm³/mol. The number of rotatable bonds is 9. The van der Waals surface area contributed by atoms with Gasteiger partial charge in [-0.25, -0.2) is 4.98 Å². The third-order valence-electron chi connectivity index (χ3n) is 4.91. The summed E-state index contributed by atoms with van der Waals surface area (Å²) in [5.41, 5.74) is 1.13. The highest BCUT2D eigenvalue weighted by Gasteiger charge is 2.25. The Balaban J connectivity index is 0.00000364. The molecule has 1 aromatic rings. The Kier molecular flexibility index (Phi) is 11.7. The number of nitrogens with one attached hydrogen (secondary N) is 1. The van der Waals surface area contributed by atoms with E-state index in [4.69, 9.17) is 4.74 Å². The summed E-state index contributed by atoms with van der Waals surface area (Å²) in [4.78, 5) is 13.7. The maximum atomic E-state index is 5.53. The zero-order chi connectivity index (χ0) is 18.8. The molecule has 154 valence electrons. The maximum Gasteiger partial charge on any atom is 0.213 e. The molecule has 1 N–H and O–H groups in total. The van der Waals surface area contributed by atoms with Gasteiger partial charge in [-0.15, -0.1) is 24.0 Å². The molecular weight excluding hydrogens is 453 g/mol. The number of halogens is 1. The minimum absolute atomic E-state index is 0. The fourth-order valence-corrected chi connectivity index (χ4v) is 3.34. The first-order valence-electron chi connectivity index (χ1n) is 9.95. The van der Waals surface area contributed by atoms with Gasteiger partial charge in [-0.2, -0.15) is 0 Å². The molecule has 0 amide bonds. The van der Waals surface area contributed by atoms with Gasteiger partial charge in [-0.1, -0.05) is 26.8 Å². The van der Waals surface area contributed by atoms with E-state index in [2.05, 4.69) is 51.9 Å². The molecule has 1 aliphatic rings. The molecule has 1 aliphatic heterocycles. The van der Waals surface area contributed by atoms with E-state index < -0.39 is 0 Å². The fourth-order valence-electron chi connectivity index (χ4n) is 3.34. The van der Waals surface area contributed by atoms with Gasteiger partial charge >= 0.3 is 0 Å². The Labute approximate surface area is 181 Å². The summed E-state index contributed by atoms with van der Waals surface area (Å²) in [7, 11) is 1.86. The average molecular weight is 489 g/mol. The highest BCUT2D eigenvalue weighted by atomic mass is 127. The number of pyridine rings is 1. The number of hydrogen-bond donors (Lipinski definition) is 1. The molecule has 1 atom stereocenters. The lowest BCUT2D eigenvalue weighted by Gasteiger charge is -2.24. The van der Waals surface area contributed by atoms with Gasteiger partial charge in [0, 0.05) is 45.5 Å². The van der Waals surface area contributed by atoms with Crippen LogP contribution in [0.5, 0.6) is 5.88 Å². The molecule has 0 bridgehead atoms. The van der Waals surface area contributed by atoms with Gasteiger partial charge in [0.25, 0.3) is 0 Å². The van der Waals surface area contributed by atoms with Gasteiger partial charge in [0.1, 0.15) is 0 Å². The average Bonchev–Trinajstić information content (AvgIpc) is 3.14. The van der Waals surface area contributed by atoms with Crippen LogP contribution in [-0.2, 0) is 6.54 Å². The van der Waals surface area contributed by atoms with Crippen molar-refractivity contribution < 1.29 is 4.74 Å². The molecule has 1 saturated heterocycles. The summed E-state index contributed by atoms with van der Waals surface area (Å²) >= 11 is 0. The van der Waals surface area contributed by atoms with Crippen molar-refractivity contribution in [3.05, 3.63) is 23.9 Å². The second-order valence-electron chi connectivity index (χ2n) is 6.84. The Bertz CT molecular complexity index is 548. The Morgan fingerprint density at radius 2 is 2.11 bits per heavy atom. The van der Waals surface area contributed by atoms with Crippen molar-refractivity contribution in [2.24, 2.45) is 10.9 Å². The molecule has 6 nitrogen and oxygen atoms in total. The summed E-state index contributed by atoms with van der Waals surface area (Å²) < 4.78 is 5.53. The quantitative estimate of drug-likeness (QED) is 0.328. The SMILES string of the molecule is CCCOc1ccc(CNC(=NC)N2CCC(CN(CC)CC)C2)cn1.I. The maximum absolute atomic E-state index is 5.53. The van der Waals surface area contributed by atoms with Gasteiger partial charge in [0.2, 0.25) is 5.88 Å². The third kappa shape index (κ3) is 7.81. The number of guanidine groups is 1. The molecule has 1 fully saturated rings. The molecule has 0 saturated carbocycles. The summed E-state index contributed by atoms with van der Waals surface area (Å²) in [6.45, 7) is 13.6. The van der Waals surface area contributed by atoms with Crippen molar-refractivity contribution in [2.75, 3.05) is 46.4 Å². The second-order valence-corrected chi connectivity index (χ2v) is 6.84. The lowest BCUT2D eigenvalue weighted by molar-refractivity contribution is 0.255. The van der Waals surface area contributed by atoms with E-state index in [1.165, 1.54) is 13.0 Å². The Morgan fingerprint density at radius 1 is 1.33 bits per heavy atom. The monoisotopic (exact) mass is 489 g/mol. The molecule has 0 spiro atoms. The summed E-state index contributed by atoms with van der Waals surface area (Å²) in [5.74, 6) is 2.40. The van der Waals surface area contributed by atoms with Crippen molar-refractivity contribution in [1.82, 2.24) is 20.1 Å². The minimum atomic E-state index is 0. The van der Waals surface area contributed by atoms with Gasteiger partial charge in [0.15, 0.2) is 5.96 Å². The van der Waals surface area contributed by atoms with E-state index >= 15 is 0 Å². The molecule has 1 aromatic heterocycles. The highest BCUT2D eigenvalue weighted by Crippen LogP contribution is 2.18. The molecule has 2 heterocycles. The molecule has 27 heavy (non-hydrogen) atoms. The van der Waals surface area contributed by atoms with Crippen LogP contribution in [0.4, 0.5) is 0 Å². The van der Waals surface area contributed by atoms with E-state index in [-0.39, 0.29) is 24.0 Å². The van der Waals surface area contributed by atoms with Crippen LogP contribution in [0.2, 0.25) is 0 Å². The lowest BCUT2D eigenvalue weighted by Crippen LogP contribution is -2.40. The van der Waals surface area contributed by atoms with Crippen LogP contribution < -0.4 is 10.1 Å². The van der Waals surface area contributed by atoms with Crippen LogP contribution in [0.25, 0.3) is 0 Å². The third-order valence-corrected chi connectivity index (χ3v) is 4.91. The van der Waals surface area contributed by atoms with Crippen molar-refractivity contribution in [1.29, 1.82) is 0 Å². The van der Waals surface area contributed by atoms with Crippen LogP contribution in [0.15, 0.2) is 23.3 Å². The Hall–Kier alpha value is -1.09. The van der Waals surface area contributed by atoms with Crippen molar-refractivity contribution >= 4 is 29.9 Å². The number of ether oxygens (including phenoxy) is 1. The molecule has 0 radical (unpaired) electrons. The van der Waals surface area contributed by atoms with Gasteiger partial charge < -0.3 is 19.9 Å². The first-order chi connectivity index (χ1) is 12.7. The first-order valence-corrected chi connectivity index (χ1v) is 9.95. The van der Waals surface area contributed by atoms with Crippen LogP contribution >= 0.6 is 24.0 Å². The number of aromatic nitrogens is 1. The molecule has 2 rings (SSSR count). The van der Waals surface area contributed by atoms with Crippen LogP contribution in [0.3, 0.4) is 0 Å². The topological polar surface area (TPSA) is 53.0 Å². The number of hydrogen-bond acceptors (Lipinski definition) is 4. The smallest absolute Gasteiger partial charge is 0.213 e. The van der Waals surface area contributed by atoms with E-state index in [0.29, 0.717) is 12.5 Å². The van der Waals surface area contributed by atoms with Crippen molar-refractivity contribution in [3.8, 4) is 5.88 Å². The van der Waals surface area contributed by atoms with Crippen LogP contribution in [0.1, 0.15) is 39.2 Å². The fraction of sp³-hybridized carbons (Fsp3) is 0.700. The first kappa shape index (κ1) is 23.9. The zero-order valence-electron chi connectivity index (χ0n) is 17.3. The minimum Gasteiger partial charge on any atom is -0.478 e. The van der Waals surface area contributed by atoms with Crippen LogP contribution in [-0.4, -0.2) is 67.1 Å². The molecule has 1 unspecified atom stereocenters. The zero-order valence-corrected chi connectivity index (χ0v) is 19.6. The van der Waals surface area contributed by atoms with Crippen molar-refractivity contribution in [2.45, 2.75) is 40.2 Å². The molecule has 0 aliphatic carbocycles. The van der Waals surface area contributed by atoms with Gasteiger partial charge in [-0.05, 0) is 37.4 Å². The summed E-state index contributed by atoms with van der Waals surface area (Å²) in [5, 5.41) is 3.47. The van der Waals surface area contributed by atoms with Crippen LogP contribution in [0, 0.1) is 5.92 Å². The van der Waals surface area contributed by atoms with E-state index in [9.17, 15) is 0 Å². The molecule has 7 heteroatoms. The second kappa shape index (κ2) is 13.1. The van der Waals surface area contributed by atoms with E-state index in [0.717, 1.165) is 56.6 Å². The van der Waals surface area contributed by atoms with E-state index in [1.54, 1.807) is 0 Å².